The molecule has 1 saturated heterocycles. The van der Waals surface area contributed by atoms with Gasteiger partial charge in [0.2, 0.25) is 15.9 Å². The molecule has 1 aliphatic rings. The maximum absolute atomic E-state index is 13.7. The van der Waals surface area contributed by atoms with E-state index in [0.29, 0.717) is 25.2 Å². The van der Waals surface area contributed by atoms with Gasteiger partial charge in [-0.1, -0.05) is 0 Å². The van der Waals surface area contributed by atoms with Crippen molar-refractivity contribution in [3.63, 3.8) is 0 Å². The van der Waals surface area contributed by atoms with E-state index in [1.807, 2.05) is 0 Å². The van der Waals surface area contributed by atoms with Gasteiger partial charge in [-0.3, -0.25) is 4.79 Å². The molecule has 0 aromatic heterocycles. The molecule has 9 heteroatoms. The van der Waals surface area contributed by atoms with Crippen LogP contribution in [0.15, 0.2) is 17.0 Å². The van der Waals surface area contributed by atoms with Crippen LogP contribution in [-0.2, 0) is 19.6 Å². The zero-order valence-corrected chi connectivity index (χ0v) is 11.8. The minimum Gasteiger partial charge on any atom is -0.378 e. The van der Waals surface area contributed by atoms with E-state index in [-0.39, 0.29) is 12.5 Å². The van der Waals surface area contributed by atoms with Gasteiger partial charge in [0.15, 0.2) is 11.6 Å². The number of rotatable bonds is 4. The molecule has 1 aliphatic heterocycles. The molecule has 6 nitrogen and oxygen atoms in total. The quantitative estimate of drug-likeness (QED) is 0.868. The maximum Gasteiger partial charge on any atom is 0.238 e. The summed E-state index contributed by atoms with van der Waals surface area (Å²) < 4.78 is 54.7. The Morgan fingerprint density at radius 1 is 1.38 bits per heavy atom. The lowest BCUT2D eigenvalue weighted by atomic mass is 10.1. The van der Waals surface area contributed by atoms with E-state index in [0.717, 1.165) is 6.42 Å². The summed E-state index contributed by atoms with van der Waals surface area (Å²) in [4.78, 5) is 11.0. The first kappa shape index (κ1) is 15.8. The summed E-state index contributed by atoms with van der Waals surface area (Å²) in [6, 6.07) is 1.11. The second-order valence-electron chi connectivity index (χ2n) is 4.69. The summed E-state index contributed by atoms with van der Waals surface area (Å²) >= 11 is 0. The van der Waals surface area contributed by atoms with Crippen LogP contribution in [-0.4, -0.2) is 27.0 Å². The van der Waals surface area contributed by atoms with Crippen molar-refractivity contribution in [1.29, 1.82) is 0 Å². The number of nitrogens with two attached hydrogens (primary N) is 1. The first-order valence-corrected chi connectivity index (χ1v) is 7.75. The molecule has 1 heterocycles. The maximum atomic E-state index is 13.7. The lowest BCUT2D eigenvalue weighted by molar-refractivity contribution is -0.118. The molecule has 0 saturated carbocycles. The molecule has 3 N–H and O–H groups in total. The number of halogens is 2. The van der Waals surface area contributed by atoms with Crippen LogP contribution in [0.5, 0.6) is 0 Å². The number of amides is 1. The minimum atomic E-state index is -4.22. The van der Waals surface area contributed by atoms with Crippen LogP contribution >= 0.6 is 0 Å². The van der Waals surface area contributed by atoms with Crippen molar-refractivity contribution < 1.29 is 26.7 Å². The molecule has 1 fully saturated rings. The van der Waals surface area contributed by atoms with Crippen LogP contribution in [0, 0.1) is 11.6 Å². The second-order valence-corrected chi connectivity index (χ2v) is 6.26. The Labute approximate surface area is 120 Å². The summed E-state index contributed by atoms with van der Waals surface area (Å²) in [6.07, 6.45) is 1.27. The molecule has 116 valence electrons. The summed E-state index contributed by atoms with van der Waals surface area (Å²) in [5.74, 6) is -3.03. The summed E-state index contributed by atoms with van der Waals surface area (Å²) in [5, 5.41) is 6.87. The highest BCUT2D eigenvalue weighted by atomic mass is 32.2. The number of carbonyl (C=O) groups excluding carboxylic acids is 1. The normalized spacial score (nSPS) is 18.7. The van der Waals surface area contributed by atoms with Crippen molar-refractivity contribution in [2.45, 2.75) is 30.3 Å². The Hall–Kier alpha value is -1.58. The van der Waals surface area contributed by atoms with Crippen molar-refractivity contribution in [1.82, 2.24) is 0 Å². The molecule has 1 aromatic carbocycles. The zero-order valence-electron chi connectivity index (χ0n) is 10.9. The fraction of sp³-hybridized carbons (Fsp3) is 0.417. The molecule has 0 bridgehead atoms. The standard InChI is InChI=1S/C12H14F2N2O4S/c13-9-5-8(21(15,18)19)6-10(14)12(9)16-11(17)4-7-2-1-3-20-7/h5-7H,1-4H2,(H,16,17)(H2,15,18,19). The number of anilines is 1. The predicted molar refractivity (Wildman–Crippen MR) is 70.0 cm³/mol. The molecule has 0 spiro atoms. The number of ether oxygens (including phenoxy) is 1. The van der Waals surface area contributed by atoms with Crippen LogP contribution in [0.2, 0.25) is 0 Å². The fourth-order valence-corrected chi connectivity index (χ4v) is 2.57. The molecule has 1 amide bonds. The van der Waals surface area contributed by atoms with E-state index >= 15 is 0 Å². The molecule has 1 unspecified atom stereocenters. The van der Waals surface area contributed by atoms with Crippen molar-refractivity contribution in [3.8, 4) is 0 Å². The highest BCUT2D eigenvalue weighted by Gasteiger charge is 2.22. The predicted octanol–water partition coefficient (Wildman–Crippen LogP) is 1.12. The molecule has 21 heavy (non-hydrogen) atoms. The van der Waals surface area contributed by atoms with Gasteiger partial charge in [-0.05, 0) is 25.0 Å². The van der Waals surface area contributed by atoms with Crippen molar-refractivity contribution in [3.05, 3.63) is 23.8 Å². The van der Waals surface area contributed by atoms with Gasteiger partial charge in [-0.15, -0.1) is 0 Å². The van der Waals surface area contributed by atoms with Gasteiger partial charge in [0.25, 0.3) is 0 Å². The van der Waals surface area contributed by atoms with Crippen molar-refractivity contribution >= 4 is 21.6 Å². The molecular weight excluding hydrogens is 306 g/mol. The SMILES string of the molecule is NS(=O)(=O)c1cc(F)c(NC(=O)CC2CCCO2)c(F)c1. The Morgan fingerprint density at radius 3 is 2.48 bits per heavy atom. The highest BCUT2D eigenvalue weighted by Crippen LogP contribution is 2.24. The molecule has 1 atom stereocenters. The highest BCUT2D eigenvalue weighted by molar-refractivity contribution is 7.89. The molecular formula is C12H14F2N2O4S. The van der Waals surface area contributed by atoms with Gasteiger partial charge < -0.3 is 10.1 Å². The first-order valence-electron chi connectivity index (χ1n) is 6.20. The number of hydrogen-bond acceptors (Lipinski definition) is 4. The molecule has 1 aromatic rings. The Kier molecular flexibility index (Phi) is 4.55. The number of carbonyl (C=O) groups is 1. The number of benzene rings is 1. The van der Waals surface area contributed by atoms with E-state index in [9.17, 15) is 22.0 Å². The van der Waals surface area contributed by atoms with Gasteiger partial charge in [0.05, 0.1) is 17.4 Å². The summed E-state index contributed by atoms with van der Waals surface area (Å²) in [6.45, 7) is 0.559. The van der Waals surface area contributed by atoms with Crippen LogP contribution in [0.25, 0.3) is 0 Å². The topological polar surface area (TPSA) is 98.5 Å². The van der Waals surface area contributed by atoms with Gasteiger partial charge in [-0.25, -0.2) is 22.3 Å². The van der Waals surface area contributed by atoms with E-state index in [4.69, 9.17) is 9.88 Å². The number of hydrogen-bond donors (Lipinski definition) is 2. The Balaban J connectivity index is 2.14. The minimum absolute atomic E-state index is 0.0180. The van der Waals surface area contributed by atoms with E-state index in [1.165, 1.54) is 0 Å². The van der Waals surface area contributed by atoms with E-state index in [2.05, 4.69) is 5.32 Å². The number of primary sulfonamides is 1. The monoisotopic (exact) mass is 320 g/mol. The molecule has 2 rings (SSSR count). The summed E-state index contributed by atoms with van der Waals surface area (Å²) in [5.41, 5.74) is -0.703. The lowest BCUT2D eigenvalue weighted by Crippen LogP contribution is -2.21. The van der Waals surface area contributed by atoms with Crippen LogP contribution in [0.4, 0.5) is 14.5 Å². The smallest absolute Gasteiger partial charge is 0.238 e. The van der Waals surface area contributed by atoms with Gasteiger partial charge in [0, 0.05) is 6.61 Å². The Morgan fingerprint density at radius 2 is 2.00 bits per heavy atom. The van der Waals surface area contributed by atoms with Crippen molar-refractivity contribution in [2.75, 3.05) is 11.9 Å². The van der Waals surface area contributed by atoms with Crippen LogP contribution < -0.4 is 10.5 Å². The largest absolute Gasteiger partial charge is 0.378 e. The van der Waals surface area contributed by atoms with Gasteiger partial charge >= 0.3 is 0 Å². The van der Waals surface area contributed by atoms with Crippen molar-refractivity contribution in [2.24, 2.45) is 5.14 Å². The fourth-order valence-electron chi connectivity index (χ4n) is 2.04. The van der Waals surface area contributed by atoms with E-state index < -0.39 is 38.1 Å². The average Bonchev–Trinajstić information content (AvgIpc) is 2.85. The van der Waals surface area contributed by atoms with Crippen LogP contribution in [0.1, 0.15) is 19.3 Å². The Bertz CT molecular complexity index is 634. The molecule has 0 aliphatic carbocycles. The lowest BCUT2D eigenvalue weighted by Gasteiger charge is -2.11. The van der Waals surface area contributed by atoms with E-state index in [1.54, 1.807) is 0 Å². The third-order valence-electron chi connectivity index (χ3n) is 3.05. The third-order valence-corrected chi connectivity index (χ3v) is 3.94. The number of nitrogens with one attached hydrogen (secondary N) is 1. The zero-order chi connectivity index (χ0) is 15.6. The summed E-state index contributed by atoms with van der Waals surface area (Å²) in [7, 11) is -4.22. The first-order chi connectivity index (χ1) is 9.77. The number of sulfonamides is 1. The van der Waals surface area contributed by atoms with Gasteiger partial charge in [-0.2, -0.15) is 0 Å². The van der Waals surface area contributed by atoms with Crippen LogP contribution in [0.3, 0.4) is 0 Å². The molecule has 0 radical (unpaired) electrons. The average molecular weight is 320 g/mol. The van der Waals surface area contributed by atoms with Gasteiger partial charge in [0.1, 0.15) is 5.69 Å². The second kappa shape index (κ2) is 6.04. The third kappa shape index (κ3) is 3.96.